The number of nitrogens with one attached hydrogen (secondary N) is 1. The number of ether oxygens (including phenoxy) is 2. The van der Waals surface area contributed by atoms with Crippen molar-refractivity contribution in [1.82, 2.24) is 15.2 Å². The molecule has 20 heavy (non-hydrogen) atoms. The van der Waals surface area contributed by atoms with E-state index in [1.54, 1.807) is 6.20 Å². The molecule has 6 heteroatoms. The molecule has 1 amide bonds. The van der Waals surface area contributed by atoms with E-state index in [-0.39, 0.29) is 12.0 Å². The van der Waals surface area contributed by atoms with Crippen molar-refractivity contribution in [2.45, 2.75) is 19.6 Å². The van der Waals surface area contributed by atoms with E-state index in [4.69, 9.17) is 9.47 Å². The number of carbonyl (C=O) groups is 1. The lowest BCUT2D eigenvalue weighted by atomic mass is 10.2. The number of rotatable bonds is 5. The predicted molar refractivity (Wildman–Crippen MR) is 74.5 cm³/mol. The summed E-state index contributed by atoms with van der Waals surface area (Å²) < 4.78 is 10.8. The fourth-order valence-corrected chi connectivity index (χ4v) is 2.03. The maximum absolute atomic E-state index is 12.0. The fraction of sp³-hybridized carbons (Fsp3) is 0.571. The molecule has 1 saturated heterocycles. The lowest BCUT2D eigenvalue weighted by Gasteiger charge is -2.29. The summed E-state index contributed by atoms with van der Waals surface area (Å²) in [5, 5.41) is 2.88. The lowest BCUT2D eigenvalue weighted by Crippen LogP contribution is -2.48. The van der Waals surface area contributed by atoms with Crippen LogP contribution in [0.1, 0.15) is 12.5 Å². The summed E-state index contributed by atoms with van der Waals surface area (Å²) in [6.07, 6.45) is 1.29. The SMILES string of the molecule is CCOc1cc(CNC(=O)[C@@H]2CN(C)CCO2)ccn1. The van der Waals surface area contributed by atoms with Gasteiger partial charge in [-0.2, -0.15) is 0 Å². The Morgan fingerprint density at radius 1 is 1.65 bits per heavy atom. The Morgan fingerprint density at radius 3 is 3.25 bits per heavy atom. The summed E-state index contributed by atoms with van der Waals surface area (Å²) in [6.45, 7) is 5.03. The van der Waals surface area contributed by atoms with Gasteiger partial charge in [-0.05, 0) is 25.6 Å². The number of carbonyl (C=O) groups excluding carboxylic acids is 1. The molecule has 1 aliphatic heterocycles. The van der Waals surface area contributed by atoms with Crippen LogP contribution in [0.2, 0.25) is 0 Å². The minimum Gasteiger partial charge on any atom is -0.478 e. The molecular formula is C14H21N3O3. The first-order valence-electron chi connectivity index (χ1n) is 6.84. The quantitative estimate of drug-likeness (QED) is 0.846. The summed E-state index contributed by atoms with van der Waals surface area (Å²) in [5.74, 6) is 0.499. The molecule has 0 aromatic carbocycles. The van der Waals surface area contributed by atoms with Crippen LogP contribution in [0.15, 0.2) is 18.3 Å². The monoisotopic (exact) mass is 279 g/mol. The van der Waals surface area contributed by atoms with Gasteiger partial charge in [0.2, 0.25) is 5.88 Å². The van der Waals surface area contributed by atoms with Gasteiger partial charge >= 0.3 is 0 Å². The molecule has 1 N–H and O–H groups in total. The molecule has 2 rings (SSSR count). The normalized spacial score (nSPS) is 19.6. The Bertz CT molecular complexity index is 453. The van der Waals surface area contributed by atoms with Crippen LogP contribution in [0.4, 0.5) is 0 Å². The smallest absolute Gasteiger partial charge is 0.250 e. The zero-order chi connectivity index (χ0) is 14.4. The molecule has 0 bridgehead atoms. The van der Waals surface area contributed by atoms with Crippen LogP contribution in [-0.2, 0) is 16.1 Å². The van der Waals surface area contributed by atoms with Crippen molar-refractivity contribution >= 4 is 5.91 Å². The van der Waals surface area contributed by atoms with Gasteiger partial charge in [0.1, 0.15) is 6.10 Å². The number of nitrogens with zero attached hydrogens (tertiary/aromatic N) is 2. The molecule has 2 heterocycles. The van der Waals surface area contributed by atoms with Gasteiger partial charge in [-0.25, -0.2) is 4.98 Å². The van der Waals surface area contributed by atoms with Crippen LogP contribution >= 0.6 is 0 Å². The van der Waals surface area contributed by atoms with Gasteiger partial charge < -0.3 is 19.7 Å². The van der Waals surface area contributed by atoms with Crippen LogP contribution in [0, 0.1) is 0 Å². The van der Waals surface area contributed by atoms with Crippen LogP contribution in [0.25, 0.3) is 0 Å². The first kappa shape index (κ1) is 14.7. The van der Waals surface area contributed by atoms with Gasteiger partial charge in [-0.1, -0.05) is 0 Å². The third kappa shape index (κ3) is 4.18. The van der Waals surface area contributed by atoms with E-state index in [0.717, 1.165) is 12.1 Å². The number of aromatic nitrogens is 1. The Kier molecular flexibility index (Phi) is 5.31. The molecule has 0 aliphatic carbocycles. The average molecular weight is 279 g/mol. The lowest BCUT2D eigenvalue weighted by molar-refractivity contribution is -0.138. The van der Waals surface area contributed by atoms with E-state index >= 15 is 0 Å². The summed E-state index contributed by atoms with van der Waals surface area (Å²) in [7, 11) is 1.99. The second kappa shape index (κ2) is 7.21. The number of amides is 1. The van der Waals surface area contributed by atoms with Crippen LogP contribution in [-0.4, -0.2) is 55.2 Å². The minimum atomic E-state index is -0.387. The second-order valence-corrected chi connectivity index (χ2v) is 4.77. The summed E-state index contributed by atoms with van der Waals surface area (Å²) >= 11 is 0. The van der Waals surface area contributed by atoms with Crippen molar-refractivity contribution in [3.8, 4) is 5.88 Å². The van der Waals surface area contributed by atoms with E-state index in [9.17, 15) is 4.79 Å². The largest absolute Gasteiger partial charge is 0.478 e. The van der Waals surface area contributed by atoms with Crippen molar-refractivity contribution in [2.24, 2.45) is 0 Å². The van der Waals surface area contributed by atoms with Crippen molar-refractivity contribution in [3.63, 3.8) is 0 Å². The van der Waals surface area contributed by atoms with Crippen molar-refractivity contribution in [3.05, 3.63) is 23.9 Å². The van der Waals surface area contributed by atoms with Crippen LogP contribution in [0.3, 0.4) is 0 Å². The molecular weight excluding hydrogens is 258 g/mol. The Morgan fingerprint density at radius 2 is 2.50 bits per heavy atom. The van der Waals surface area contributed by atoms with Gasteiger partial charge in [-0.15, -0.1) is 0 Å². The van der Waals surface area contributed by atoms with Crippen LogP contribution in [0.5, 0.6) is 5.88 Å². The van der Waals surface area contributed by atoms with E-state index in [0.29, 0.717) is 32.2 Å². The van der Waals surface area contributed by atoms with E-state index in [2.05, 4.69) is 15.2 Å². The van der Waals surface area contributed by atoms with Gasteiger partial charge in [0, 0.05) is 31.9 Å². The molecule has 1 aliphatic rings. The van der Waals surface area contributed by atoms with Crippen molar-refractivity contribution in [2.75, 3.05) is 33.4 Å². The number of hydrogen-bond donors (Lipinski definition) is 1. The highest BCUT2D eigenvalue weighted by atomic mass is 16.5. The third-order valence-corrected chi connectivity index (χ3v) is 3.12. The van der Waals surface area contributed by atoms with Crippen LogP contribution < -0.4 is 10.1 Å². The van der Waals surface area contributed by atoms with E-state index in [1.165, 1.54) is 0 Å². The number of likely N-dealkylation sites (N-methyl/N-ethyl adjacent to an activating group) is 1. The third-order valence-electron chi connectivity index (χ3n) is 3.12. The number of morpholine rings is 1. The van der Waals surface area contributed by atoms with Crippen molar-refractivity contribution in [1.29, 1.82) is 0 Å². The molecule has 110 valence electrons. The maximum Gasteiger partial charge on any atom is 0.250 e. The van der Waals surface area contributed by atoms with E-state index < -0.39 is 0 Å². The van der Waals surface area contributed by atoms with Gasteiger partial charge in [-0.3, -0.25) is 4.79 Å². The zero-order valence-electron chi connectivity index (χ0n) is 12.0. The number of hydrogen-bond acceptors (Lipinski definition) is 5. The standard InChI is InChI=1S/C14H21N3O3/c1-3-19-13-8-11(4-5-15-13)9-16-14(18)12-10-17(2)6-7-20-12/h4-5,8,12H,3,6-7,9-10H2,1-2H3,(H,16,18)/t12-/m0/s1. The molecule has 0 spiro atoms. The highest BCUT2D eigenvalue weighted by Crippen LogP contribution is 2.09. The molecule has 1 fully saturated rings. The summed E-state index contributed by atoms with van der Waals surface area (Å²) in [4.78, 5) is 18.2. The molecule has 0 saturated carbocycles. The Labute approximate surface area is 119 Å². The maximum atomic E-state index is 12.0. The van der Waals surface area contributed by atoms with Crippen molar-refractivity contribution < 1.29 is 14.3 Å². The minimum absolute atomic E-state index is 0.0775. The topological polar surface area (TPSA) is 63.7 Å². The van der Waals surface area contributed by atoms with Gasteiger partial charge in [0.05, 0.1) is 13.2 Å². The Hall–Kier alpha value is -1.66. The van der Waals surface area contributed by atoms with Gasteiger partial charge in [0.25, 0.3) is 5.91 Å². The molecule has 0 unspecified atom stereocenters. The molecule has 1 atom stereocenters. The highest BCUT2D eigenvalue weighted by Gasteiger charge is 2.24. The summed E-state index contributed by atoms with van der Waals surface area (Å²) in [5.41, 5.74) is 0.959. The molecule has 1 aromatic heterocycles. The fourth-order valence-electron chi connectivity index (χ4n) is 2.03. The predicted octanol–water partition coefficient (Wildman–Crippen LogP) is 0.427. The number of pyridine rings is 1. The first-order valence-corrected chi connectivity index (χ1v) is 6.84. The first-order chi connectivity index (χ1) is 9.69. The van der Waals surface area contributed by atoms with E-state index in [1.807, 2.05) is 26.1 Å². The highest BCUT2D eigenvalue weighted by molar-refractivity contribution is 5.81. The second-order valence-electron chi connectivity index (χ2n) is 4.77. The Balaban J connectivity index is 1.85. The molecule has 0 radical (unpaired) electrons. The van der Waals surface area contributed by atoms with Gasteiger partial charge in [0.15, 0.2) is 0 Å². The summed E-state index contributed by atoms with van der Waals surface area (Å²) in [6, 6.07) is 3.69. The molecule has 6 nitrogen and oxygen atoms in total. The molecule has 1 aromatic rings. The average Bonchev–Trinajstić information content (AvgIpc) is 2.45. The zero-order valence-corrected chi connectivity index (χ0v) is 12.0.